The molecule has 3 rings (SSSR count). The number of sulfonamides is 1. The molecule has 1 N–H and O–H groups in total. The summed E-state index contributed by atoms with van der Waals surface area (Å²) < 4.78 is 30.1. The first-order valence-electron chi connectivity index (χ1n) is 10.4. The summed E-state index contributed by atoms with van der Waals surface area (Å²) in [6, 6.07) is 10.7. The molecule has 0 aliphatic carbocycles. The lowest BCUT2D eigenvalue weighted by molar-refractivity contribution is -0.114. The summed E-state index contributed by atoms with van der Waals surface area (Å²) in [4.78, 5) is 17.1. The lowest BCUT2D eigenvalue weighted by atomic mass is 10.0. The average molecular weight is 456 g/mol. The van der Waals surface area contributed by atoms with Crippen molar-refractivity contribution in [1.29, 1.82) is 0 Å². The highest BCUT2D eigenvalue weighted by Gasteiger charge is 2.32. The molecule has 0 bridgehead atoms. The number of pyridine rings is 1. The molecule has 32 heavy (non-hydrogen) atoms. The van der Waals surface area contributed by atoms with E-state index in [-0.39, 0.29) is 4.90 Å². The van der Waals surface area contributed by atoms with Gasteiger partial charge in [0.05, 0.1) is 17.1 Å². The second kappa shape index (κ2) is 9.12. The van der Waals surface area contributed by atoms with Crippen LogP contribution in [0.25, 0.3) is 0 Å². The van der Waals surface area contributed by atoms with E-state index in [1.807, 2.05) is 25.1 Å². The number of nitrogens with one attached hydrogen (secondary N) is 1. The predicted octanol–water partition coefficient (Wildman–Crippen LogP) is 3.70. The molecule has 0 atom stereocenters. The van der Waals surface area contributed by atoms with E-state index in [4.69, 9.17) is 0 Å². The Balaban J connectivity index is 2.00. The minimum absolute atomic E-state index is 0.106. The van der Waals surface area contributed by atoms with Crippen molar-refractivity contribution in [2.24, 2.45) is 7.05 Å². The average Bonchev–Trinajstić information content (AvgIpc) is 3.00. The van der Waals surface area contributed by atoms with Gasteiger partial charge in [-0.2, -0.15) is 5.10 Å². The number of aromatic nitrogens is 3. The van der Waals surface area contributed by atoms with E-state index < -0.39 is 22.5 Å². The molecule has 2 aromatic heterocycles. The summed E-state index contributed by atoms with van der Waals surface area (Å²) in [6.45, 7) is 8.97. The van der Waals surface area contributed by atoms with Crippen molar-refractivity contribution < 1.29 is 13.2 Å². The summed E-state index contributed by atoms with van der Waals surface area (Å²) >= 11 is 0. The number of aryl methyl sites for hydroxylation is 3. The number of hydrogen-bond acceptors (Lipinski definition) is 5. The number of carbonyl (C=O) groups is 1. The van der Waals surface area contributed by atoms with E-state index in [9.17, 15) is 13.2 Å². The molecule has 1 amide bonds. The van der Waals surface area contributed by atoms with Gasteiger partial charge in [-0.1, -0.05) is 32.0 Å². The molecule has 3 aromatic rings. The standard InChI is InChI=1S/C23H29N5O3S/c1-15(2)19-8-10-20(11-9-19)28(14-22(29)25-21-12-7-16(3)13-24-21)32(30,31)23-17(4)26-27(6)18(23)5/h7-13,15H,14H2,1-6H3,(H,24,25,29). The SMILES string of the molecule is Cc1ccc(NC(=O)CN(c2ccc(C(C)C)cc2)S(=O)(=O)c2c(C)nn(C)c2C)nc1. The van der Waals surface area contributed by atoms with Crippen LogP contribution in [0.5, 0.6) is 0 Å². The minimum atomic E-state index is -4.05. The third kappa shape index (κ3) is 4.83. The van der Waals surface area contributed by atoms with Crippen LogP contribution in [-0.2, 0) is 21.9 Å². The number of rotatable bonds is 7. The quantitative estimate of drug-likeness (QED) is 0.586. The fourth-order valence-electron chi connectivity index (χ4n) is 3.43. The molecule has 2 heterocycles. The first kappa shape index (κ1) is 23.5. The lowest BCUT2D eigenvalue weighted by Crippen LogP contribution is -2.38. The number of carbonyl (C=O) groups excluding carboxylic acids is 1. The molecule has 0 fully saturated rings. The molecule has 170 valence electrons. The number of nitrogens with zero attached hydrogens (tertiary/aromatic N) is 4. The largest absolute Gasteiger partial charge is 0.309 e. The van der Waals surface area contributed by atoms with E-state index in [2.05, 4.69) is 29.2 Å². The Kier molecular flexibility index (Phi) is 6.68. The van der Waals surface area contributed by atoms with Gasteiger partial charge in [-0.15, -0.1) is 0 Å². The van der Waals surface area contributed by atoms with Gasteiger partial charge in [-0.25, -0.2) is 13.4 Å². The van der Waals surface area contributed by atoms with Gasteiger partial charge in [0.2, 0.25) is 5.91 Å². The van der Waals surface area contributed by atoms with Gasteiger partial charge < -0.3 is 5.32 Å². The smallest absolute Gasteiger partial charge is 0.268 e. The Labute approximate surface area is 189 Å². The Morgan fingerprint density at radius 1 is 1.09 bits per heavy atom. The zero-order chi connectivity index (χ0) is 23.6. The molecule has 0 aliphatic rings. The summed E-state index contributed by atoms with van der Waals surface area (Å²) in [7, 11) is -2.36. The van der Waals surface area contributed by atoms with Gasteiger partial charge in [-0.05, 0) is 56.0 Å². The maximum Gasteiger partial charge on any atom is 0.268 e. The van der Waals surface area contributed by atoms with Crippen LogP contribution >= 0.6 is 0 Å². The fourth-order valence-corrected chi connectivity index (χ4v) is 5.26. The first-order chi connectivity index (χ1) is 15.0. The lowest BCUT2D eigenvalue weighted by Gasteiger charge is -2.24. The highest BCUT2D eigenvalue weighted by Crippen LogP contribution is 2.29. The highest BCUT2D eigenvalue weighted by atomic mass is 32.2. The van der Waals surface area contributed by atoms with Gasteiger partial charge in [-0.3, -0.25) is 13.8 Å². The minimum Gasteiger partial charge on any atom is -0.309 e. The molecular weight excluding hydrogens is 426 g/mol. The molecule has 9 heteroatoms. The van der Waals surface area contributed by atoms with Crippen LogP contribution < -0.4 is 9.62 Å². The van der Waals surface area contributed by atoms with Crippen LogP contribution in [0.4, 0.5) is 11.5 Å². The van der Waals surface area contributed by atoms with Gasteiger partial charge >= 0.3 is 0 Å². The van der Waals surface area contributed by atoms with Crippen LogP contribution in [0.3, 0.4) is 0 Å². The molecule has 0 saturated carbocycles. The van der Waals surface area contributed by atoms with Crippen LogP contribution in [0.1, 0.15) is 42.3 Å². The van der Waals surface area contributed by atoms with Crippen molar-refractivity contribution >= 4 is 27.4 Å². The van der Waals surface area contributed by atoms with E-state index in [0.717, 1.165) is 15.4 Å². The van der Waals surface area contributed by atoms with Crippen molar-refractivity contribution in [3.05, 3.63) is 65.1 Å². The molecule has 0 aliphatic heterocycles. The predicted molar refractivity (Wildman–Crippen MR) is 125 cm³/mol. The van der Waals surface area contributed by atoms with Crippen molar-refractivity contribution in [3.63, 3.8) is 0 Å². The second-order valence-electron chi connectivity index (χ2n) is 8.15. The van der Waals surface area contributed by atoms with Crippen molar-refractivity contribution in [2.75, 3.05) is 16.2 Å². The monoisotopic (exact) mass is 455 g/mol. The summed E-state index contributed by atoms with van der Waals surface area (Å²) in [5, 5.41) is 6.93. The van der Waals surface area contributed by atoms with Crippen molar-refractivity contribution in [2.45, 2.75) is 45.4 Å². The van der Waals surface area contributed by atoms with E-state index in [0.29, 0.717) is 28.8 Å². The number of amides is 1. The molecule has 0 saturated heterocycles. The molecular formula is C23H29N5O3S. The summed E-state index contributed by atoms with van der Waals surface area (Å²) in [5.74, 6) is 0.173. The van der Waals surface area contributed by atoms with Crippen LogP contribution in [-0.4, -0.2) is 35.6 Å². The maximum absolute atomic E-state index is 13.7. The topological polar surface area (TPSA) is 97.2 Å². The zero-order valence-corrected chi connectivity index (χ0v) is 20.1. The number of benzene rings is 1. The number of hydrogen-bond donors (Lipinski definition) is 1. The summed E-state index contributed by atoms with van der Waals surface area (Å²) in [5.41, 5.74) is 3.33. The fraction of sp³-hybridized carbons (Fsp3) is 0.348. The Hall–Kier alpha value is -3.20. The van der Waals surface area contributed by atoms with E-state index in [1.165, 1.54) is 4.68 Å². The normalized spacial score (nSPS) is 11.6. The van der Waals surface area contributed by atoms with Crippen molar-refractivity contribution in [1.82, 2.24) is 14.8 Å². The zero-order valence-electron chi connectivity index (χ0n) is 19.2. The van der Waals surface area contributed by atoms with Gasteiger partial charge in [0.15, 0.2) is 0 Å². The molecule has 0 radical (unpaired) electrons. The molecule has 0 unspecified atom stereocenters. The first-order valence-corrected chi connectivity index (χ1v) is 11.8. The Morgan fingerprint density at radius 2 is 1.75 bits per heavy atom. The Bertz CT molecular complexity index is 1210. The van der Waals surface area contributed by atoms with Crippen molar-refractivity contribution in [3.8, 4) is 0 Å². The van der Waals surface area contributed by atoms with Crippen LogP contribution in [0.15, 0.2) is 47.5 Å². The molecule has 1 aromatic carbocycles. The van der Waals surface area contributed by atoms with Crippen LogP contribution in [0.2, 0.25) is 0 Å². The van der Waals surface area contributed by atoms with Gasteiger partial charge in [0.25, 0.3) is 10.0 Å². The van der Waals surface area contributed by atoms with E-state index in [1.54, 1.807) is 45.3 Å². The third-order valence-corrected chi connectivity index (χ3v) is 7.33. The Morgan fingerprint density at radius 3 is 2.25 bits per heavy atom. The highest BCUT2D eigenvalue weighted by molar-refractivity contribution is 7.93. The molecule has 8 nitrogen and oxygen atoms in total. The van der Waals surface area contributed by atoms with Crippen LogP contribution in [0, 0.1) is 20.8 Å². The maximum atomic E-state index is 13.7. The van der Waals surface area contributed by atoms with Gasteiger partial charge in [0, 0.05) is 13.2 Å². The molecule has 0 spiro atoms. The number of anilines is 2. The van der Waals surface area contributed by atoms with Gasteiger partial charge in [0.1, 0.15) is 17.3 Å². The summed E-state index contributed by atoms with van der Waals surface area (Å²) in [6.07, 6.45) is 1.64. The third-order valence-electron chi connectivity index (χ3n) is 5.30. The van der Waals surface area contributed by atoms with E-state index >= 15 is 0 Å². The second-order valence-corrected chi connectivity index (χ2v) is 9.95.